The minimum absolute atomic E-state index is 0.0124. The van der Waals surface area contributed by atoms with Crippen LogP contribution in [0, 0.1) is 0 Å². The molecule has 1 aliphatic carbocycles. The maximum Gasteiger partial charge on any atom is 0.249 e. The molecule has 1 aromatic rings. The Bertz CT molecular complexity index is 401. The molecule has 2 rings (SSSR count). The molecule has 0 saturated heterocycles. The van der Waals surface area contributed by atoms with Gasteiger partial charge in [-0.2, -0.15) is 0 Å². The van der Waals surface area contributed by atoms with E-state index >= 15 is 0 Å². The molecule has 1 saturated carbocycles. The lowest BCUT2D eigenvalue weighted by Gasteiger charge is -2.22. The Balaban J connectivity index is 2.05. The number of hydrogen-bond acceptors (Lipinski definition) is 3. The van der Waals surface area contributed by atoms with Crippen LogP contribution in [-0.4, -0.2) is 35.7 Å². The highest BCUT2D eigenvalue weighted by atomic mass is 16.5. The molecule has 1 N–H and O–H groups in total. The predicted molar refractivity (Wildman–Crippen MR) is 63.6 cm³/mol. The molecule has 0 unspecified atom stereocenters. The maximum absolute atomic E-state index is 11.9. The van der Waals surface area contributed by atoms with Gasteiger partial charge >= 0.3 is 0 Å². The van der Waals surface area contributed by atoms with Crippen molar-refractivity contribution in [3.63, 3.8) is 0 Å². The lowest BCUT2D eigenvalue weighted by Crippen LogP contribution is -2.35. The van der Waals surface area contributed by atoms with E-state index in [1.165, 1.54) is 7.11 Å². The number of carbonyl (C=O) groups excluding carboxylic acids is 1. The first-order valence-corrected chi connectivity index (χ1v) is 5.77. The topological polar surface area (TPSA) is 49.8 Å². The van der Waals surface area contributed by atoms with Crippen molar-refractivity contribution in [2.45, 2.75) is 25.4 Å². The summed E-state index contributed by atoms with van der Waals surface area (Å²) in [7, 11) is 1.53. The Hall–Kier alpha value is -1.55. The van der Waals surface area contributed by atoms with Crippen LogP contribution < -0.4 is 0 Å². The highest BCUT2D eigenvalue weighted by Gasteiger charge is 2.32. The van der Waals surface area contributed by atoms with Gasteiger partial charge in [0.05, 0.1) is 0 Å². The normalized spacial score (nSPS) is 14.6. The van der Waals surface area contributed by atoms with Gasteiger partial charge in [0.15, 0.2) is 0 Å². The number of methoxy groups -OCH3 is 1. The fraction of sp³-hybridized carbons (Fsp3) is 0.462. The third kappa shape index (κ3) is 3.20. The monoisotopic (exact) mass is 235 g/mol. The minimum Gasteiger partial charge on any atom is -0.508 e. The van der Waals surface area contributed by atoms with Crippen molar-refractivity contribution in [3.05, 3.63) is 29.8 Å². The van der Waals surface area contributed by atoms with E-state index in [0.717, 1.165) is 18.4 Å². The summed E-state index contributed by atoms with van der Waals surface area (Å²) in [5, 5.41) is 9.39. The van der Waals surface area contributed by atoms with E-state index in [9.17, 15) is 9.90 Å². The van der Waals surface area contributed by atoms with Crippen molar-refractivity contribution < 1.29 is 14.6 Å². The summed E-state index contributed by atoms with van der Waals surface area (Å²) < 4.78 is 4.88. The highest BCUT2D eigenvalue weighted by Crippen LogP contribution is 2.28. The molecule has 4 heteroatoms. The SMILES string of the molecule is COCC(=O)N(Cc1cccc(O)c1)C1CC1. The Morgan fingerprint density at radius 1 is 1.53 bits per heavy atom. The summed E-state index contributed by atoms with van der Waals surface area (Å²) in [6, 6.07) is 7.36. The number of benzene rings is 1. The molecule has 1 aliphatic rings. The van der Waals surface area contributed by atoms with Gasteiger partial charge in [-0.1, -0.05) is 12.1 Å². The number of aromatic hydroxyl groups is 1. The standard InChI is InChI=1S/C13H17NO3/c1-17-9-13(16)14(11-5-6-11)8-10-3-2-4-12(15)7-10/h2-4,7,11,15H,5-6,8-9H2,1H3. The Morgan fingerprint density at radius 2 is 2.29 bits per heavy atom. The van der Waals surface area contributed by atoms with E-state index in [2.05, 4.69) is 0 Å². The molecule has 0 heterocycles. The summed E-state index contributed by atoms with van der Waals surface area (Å²) >= 11 is 0. The number of phenols is 1. The van der Waals surface area contributed by atoms with Crippen LogP contribution in [0.2, 0.25) is 0 Å². The quantitative estimate of drug-likeness (QED) is 0.842. The average molecular weight is 235 g/mol. The molecule has 1 fully saturated rings. The number of carbonyl (C=O) groups is 1. The van der Waals surface area contributed by atoms with Crippen LogP contribution >= 0.6 is 0 Å². The fourth-order valence-electron chi connectivity index (χ4n) is 1.87. The van der Waals surface area contributed by atoms with Crippen LogP contribution in [0.15, 0.2) is 24.3 Å². The molecule has 0 radical (unpaired) electrons. The van der Waals surface area contributed by atoms with E-state index in [1.54, 1.807) is 18.2 Å². The van der Waals surface area contributed by atoms with Gasteiger partial charge in [-0.25, -0.2) is 0 Å². The van der Waals surface area contributed by atoms with Gasteiger partial charge in [0, 0.05) is 19.7 Å². The molecule has 0 spiro atoms. The molecule has 92 valence electrons. The molecule has 0 bridgehead atoms. The van der Waals surface area contributed by atoms with E-state index < -0.39 is 0 Å². The van der Waals surface area contributed by atoms with Gasteiger partial charge in [-0.05, 0) is 30.5 Å². The van der Waals surface area contributed by atoms with Crippen molar-refractivity contribution in [1.29, 1.82) is 0 Å². The predicted octanol–water partition coefficient (Wildman–Crippen LogP) is 1.53. The average Bonchev–Trinajstić information content (AvgIpc) is 3.10. The van der Waals surface area contributed by atoms with E-state index in [-0.39, 0.29) is 18.3 Å². The summed E-state index contributed by atoms with van der Waals surface area (Å²) in [5.41, 5.74) is 0.946. The van der Waals surface area contributed by atoms with Crippen LogP contribution in [0.25, 0.3) is 0 Å². The van der Waals surface area contributed by atoms with Gasteiger partial charge in [0.1, 0.15) is 12.4 Å². The van der Waals surface area contributed by atoms with Gasteiger partial charge in [0.25, 0.3) is 0 Å². The third-order valence-electron chi connectivity index (χ3n) is 2.84. The summed E-state index contributed by atoms with van der Waals surface area (Å²) in [4.78, 5) is 13.7. The number of ether oxygens (including phenoxy) is 1. The number of amides is 1. The zero-order valence-corrected chi connectivity index (χ0v) is 9.93. The zero-order valence-electron chi connectivity index (χ0n) is 9.93. The molecule has 4 nitrogen and oxygen atoms in total. The molecular weight excluding hydrogens is 218 g/mol. The van der Waals surface area contributed by atoms with Gasteiger partial charge in [0.2, 0.25) is 5.91 Å². The molecule has 0 aromatic heterocycles. The lowest BCUT2D eigenvalue weighted by atomic mass is 10.2. The molecule has 17 heavy (non-hydrogen) atoms. The molecule has 0 aliphatic heterocycles. The maximum atomic E-state index is 11.9. The van der Waals surface area contributed by atoms with Crippen LogP contribution in [0.3, 0.4) is 0 Å². The van der Waals surface area contributed by atoms with Crippen molar-refractivity contribution in [2.75, 3.05) is 13.7 Å². The molecular formula is C13H17NO3. The Kier molecular flexibility index (Phi) is 3.64. The molecule has 0 atom stereocenters. The number of nitrogens with zero attached hydrogens (tertiary/aromatic N) is 1. The van der Waals surface area contributed by atoms with Crippen molar-refractivity contribution >= 4 is 5.91 Å². The second-order valence-corrected chi connectivity index (χ2v) is 4.36. The number of phenolic OH excluding ortho intramolecular Hbond substituents is 1. The van der Waals surface area contributed by atoms with Crippen molar-refractivity contribution in [1.82, 2.24) is 4.90 Å². The van der Waals surface area contributed by atoms with Crippen LogP contribution in [-0.2, 0) is 16.1 Å². The van der Waals surface area contributed by atoms with Crippen molar-refractivity contribution in [2.24, 2.45) is 0 Å². The van der Waals surface area contributed by atoms with Gasteiger partial charge in [-0.15, -0.1) is 0 Å². The number of rotatable bonds is 5. The summed E-state index contributed by atoms with van der Waals surface area (Å²) in [6.07, 6.45) is 2.13. The number of hydrogen-bond donors (Lipinski definition) is 1. The smallest absolute Gasteiger partial charge is 0.249 e. The van der Waals surface area contributed by atoms with Gasteiger partial charge in [-0.3, -0.25) is 4.79 Å². The van der Waals surface area contributed by atoms with Crippen LogP contribution in [0.4, 0.5) is 0 Å². The second kappa shape index (κ2) is 5.19. The van der Waals surface area contributed by atoms with E-state index in [1.807, 2.05) is 11.0 Å². The van der Waals surface area contributed by atoms with Gasteiger partial charge < -0.3 is 14.7 Å². The zero-order chi connectivity index (χ0) is 12.3. The lowest BCUT2D eigenvalue weighted by molar-refractivity contribution is -0.136. The highest BCUT2D eigenvalue weighted by molar-refractivity contribution is 5.78. The first kappa shape index (κ1) is 11.9. The Labute approximate surface area is 101 Å². The van der Waals surface area contributed by atoms with Crippen LogP contribution in [0.1, 0.15) is 18.4 Å². The summed E-state index contributed by atoms with van der Waals surface area (Å²) in [6.45, 7) is 0.663. The minimum atomic E-state index is 0.0124. The summed E-state index contributed by atoms with van der Waals surface area (Å²) in [5.74, 6) is 0.246. The first-order chi connectivity index (χ1) is 8.20. The molecule has 1 aromatic carbocycles. The first-order valence-electron chi connectivity index (χ1n) is 5.77. The fourth-order valence-corrected chi connectivity index (χ4v) is 1.87. The van der Waals surface area contributed by atoms with Crippen molar-refractivity contribution in [3.8, 4) is 5.75 Å². The third-order valence-corrected chi connectivity index (χ3v) is 2.84. The van der Waals surface area contributed by atoms with Crippen LogP contribution in [0.5, 0.6) is 5.75 Å². The van der Waals surface area contributed by atoms with E-state index in [0.29, 0.717) is 12.6 Å². The Morgan fingerprint density at radius 3 is 2.88 bits per heavy atom. The largest absolute Gasteiger partial charge is 0.508 e. The second-order valence-electron chi connectivity index (χ2n) is 4.36. The van der Waals surface area contributed by atoms with E-state index in [4.69, 9.17) is 4.74 Å². The molecule has 1 amide bonds.